The molecule has 0 aromatic rings. The average molecular weight is 264 g/mol. The van der Waals surface area contributed by atoms with Crippen molar-refractivity contribution in [3.8, 4) is 0 Å². The SMILES string of the molecule is CC(N)C(N1CC=C(C(F)(F)F)CC1)C(C)(C)C. The molecule has 0 bridgehead atoms. The van der Waals surface area contributed by atoms with Gasteiger partial charge in [0.15, 0.2) is 0 Å². The summed E-state index contributed by atoms with van der Waals surface area (Å²) in [6.07, 6.45) is -2.83. The van der Waals surface area contributed by atoms with E-state index in [0.29, 0.717) is 13.1 Å². The lowest BCUT2D eigenvalue weighted by Crippen LogP contribution is -2.54. The van der Waals surface area contributed by atoms with E-state index in [2.05, 4.69) is 25.7 Å². The lowest BCUT2D eigenvalue weighted by molar-refractivity contribution is -0.0969. The maximum atomic E-state index is 12.6. The van der Waals surface area contributed by atoms with E-state index in [1.165, 1.54) is 6.08 Å². The van der Waals surface area contributed by atoms with E-state index >= 15 is 0 Å². The highest BCUT2D eigenvalue weighted by atomic mass is 19.4. The zero-order valence-corrected chi connectivity index (χ0v) is 11.5. The summed E-state index contributed by atoms with van der Waals surface area (Å²) in [5, 5.41) is 0. The Morgan fingerprint density at radius 3 is 2.11 bits per heavy atom. The predicted octanol–water partition coefficient (Wildman–Crippen LogP) is 2.94. The van der Waals surface area contributed by atoms with Crippen LogP contribution in [-0.2, 0) is 0 Å². The molecule has 0 aromatic heterocycles. The Morgan fingerprint density at radius 1 is 1.28 bits per heavy atom. The van der Waals surface area contributed by atoms with E-state index in [0.717, 1.165) is 0 Å². The molecule has 0 aromatic carbocycles. The van der Waals surface area contributed by atoms with Crippen LogP contribution in [0.15, 0.2) is 11.6 Å². The molecule has 0 fully saturated rings. The summed E-state index contributed by atoms with van der Waals surface area (Å²) in [6.45, 7) is 8.89. The lowest BCUT2D eigenvalue weighted by Gasteiger charge is -2.44. The van der Waals surface area contributed by atoms with E-state index in [4.69, 9.17) is 5.73 Å². The second-order valence-corrected chi connectivity index (χ2v) is 6.14. The Hall–Kier alpha value is -0.550. The Bertz CT molecular complexity index is 313. The molecule has 106 valence electrons. The van der Waals surface area contributed by atoms with Crippen molar-refractivity contribution in [2.24, 2.45) is 11.1 Å². The van der Waals surface area contributed by atoms with Gasteiger partial charge in [-0.05, 0) is 18.8 Å². The van der Waals surface area contributed by atoms with Crippen LogP contribution < -0.4 is 5.73 Å². The van der Waals surface area contributed by atoms with E-state index in [9.17, 15) is 13.2 Å². The van der Waals surface area contributed by atoms with Crippen molar-refractivity contribution in [1.82, 2.24) is 4.90 Å². The van der Waals surface area contributed by atoms with Crippen molar-refractivity contribution in [3.05, 3.63) is 11.6 Å². The third-order valence-electron chi connectivity index (χ3n) is 3.38. The van der Waals surface area contributed by atoms with Crippen molar-refractivity contribution in [3.63, 3.8) is 0 Å². The van der Waals surface area contributed by atoms with E-state index in [-0.39, 0.29) is 23.9 Å². The molecule has 0 saturated carbocycles. The summed E-state index contributed by atoms with van der Waals surface area (Å²) < 4.78 is 37.7. The summed E-state index contributed by atoms with van der Waals surface area (Å²) in [5.41, 5.74) is 5.54. The first-order chi connectivity index (χ1) is 8.03. The number of halogens is 3. The van der Waals surface area contributed by atoms with Crippen molar-refractivity contribution in [1.29, 1.82) is 0 Å². The number of rotatable bonds is 2. The molecule has 0 amide bonds. The molecule has 1 aliphatic rings. The summed E-state index contributed by atoms with van der Waals surface area (Å²) in [4.78, 5) is 2.06. The van der Waals surface area contributed by atoms with Crippen LogP contribution in [0.5, 0.6) is 0 Å². The number of nitrogens with zero attached hydrogens (tertiary/aromatic N) is 1. The Morgan fingerprint density at radius 2 is 1.83 bits per heavy atom. The van der Waals surface area contributed by atoms with E-state index in [1.807, 2.05) is 6.92 Å². The van der Waals surface area contributed by atoms with Gasteiger partial charge in [-0.3, -0.25) is 4.90 Å². The third kappa shape index (κ3) is 3.72. The molecular formula is C13H23F3N2. The number of nitrogens with two attached hydrogens (primary N) is 1. The molecule has 18 heavy (non-hydrogen) atoms. The number of alkyl halides is 3. The summed E-state index contributed by atoms with van der Waals surface area (Å²) in [6, 6.07) is 0.0226. The monoisotopic (exact) mass is 264 g/mol. The zero-order chi connectivity index (χ0) is 14.1. The maximum absolute atomic E-state index is 12.6. The third-order valence-corrected chi connectivity index (χ3v) is 3.38. The highest BCUT2D eigenvalue weighted by molar-refractivity contribution is 5.14. The maximum Gasteiger partial charge on any atom is 0.412 e. The second kappa shape index (κ2) is 5.21. The molecule has 1 rings (SSSR count). The van der Waals surface area contributed by atoms with Gasteiger partial charge >= 0.3 is 6.18 Å². The fraction of sp³-hybridized carbons (Fsp3) is 0.846. The summed E-state index contributed by atoms with van der Waals surface area (Å²) in [5.74, 6) is 0. The van der Waals surface area contributed by atoms with Crippen LogP contribution in [0.2, 0.25) is 0 Å². The first-order valence-corrected chi connectivity index (χ1v) is 6.29. The molecule has 0 radical (unpaired) electrons. The van der Waals surface area contributed by atoms with Gasteiger partial charge in [0, 0.05) is 30.7 Å². The van der Waals surface area contributed by atoms with E-state index in [1.54, 1.807) is 0 Å². The molecular weight excluding hydrogens is 241 g/mol. The molecule has 2 N–H and O–H groups in total. The van der Waals surface area contributed by atoms with Crippen LogP contribution in [-0.4, -0.2) is 36.2 Å². The minimum Gasteiger partial charge on any atom is -0.327 e. The first-order valence-electron chi connectivity index (χ1n) is 6.29. The van der Waals surface area contributed by atoms with Crippen molar-refractivity contribution in [2.75, 3.05) is 13.1 Å². The Balaban J connectivity index is 2.80. The van der Waals surface area contributed by atoms with Crippen LogP contribution >= 0.6 is 0 Å². The van der Waals surface area contributed by atoms with Crippen molar-refractivity contribution >= 4 is 0 Å². The number of hydrogen-bond donors (Lipinski definition) is 1. The van der Waals surface area contributed by atoms with Gasteiger partial charge in [0.1, 0.15) is 0 Å². The minimum absolute atomic E-state index is 0.0439. The van der Waals surface area contributed by atoms with Crippen LogP contribution in [0, 0.1) is 5.41 Å². The van der Waals surface area contributed by atoms with Crippen LogP contribution in [0.25, 0.3) is 0 Å². The lowest BCUT2D eigenvalue weighted by atomic mass is 9.81. The highest BCUT2D eigenvalue weighted by Gasteiger charge is 2.38. The molecule has 5 heteroatoms. The van der Waals surface area contributed by atoms with Crippen molar-refractivity contribution in [2.45, 2.75) is 52.4 Å². The Labute approximate surface area is 107 Å². The zero-order valence-electron chi connectivity index (χ0n) is 11.5. The quantitative estimate of drug-likeness (QED) is 0.777. The topological polar surface area (TPSA) is 29.3 Å². The van der Waals surface area contributed by atoms with Gasteiger partial charge in [-0.15, -0.1) is 0 Å². The van der Waals surface area contributed by atoms with Crippen LogP contribution in [0.1, 0.15) is 34.1 Å². The second-order valence-electron chi connectivity index (χ2n) is 6.14. The molecule has 2 nitrogen and oxygen atoms in total. The van der Waals surface area contributed by atoms with Crippen LogP contribution in [0.4, 0.5) is 13.2 Å². The van der Waals surface area contributed by atoms with Gasteiger partial charge < -0.3 is 5.73 Å². The fourth-order valence-electron chi connectivity index (χ4n) is 2.86. The summed E-state index contributed by atoms with van der Waals surface area (Å²) >= 11 is 0. The fourth-order valence-corrected chi connectivity index (χ4v) is 2.86. The average Bonchev–Trinajstić information content (AvgIpc) is 2.13. The molecule has 2 atom stereocenters. The van der Waals surface area contributed by atoms with Crippen molar-refractivity contribution < 1.29 is 13.2 Å². The Kier molecular flexibility index (Phi) is 4.49. The van der Waals surface area contributed by atoms with Crippen LogP contribution in [0.3, 0.4) is 0 Å². The molecule has 0 spiro atoms. The van der Waals surface area contributed by atoms with Gasteiger partial charge in [-0.25, -0.2) is 0 Å². The predicted molar refractivity (Wildman–Crippen MR) is 67.2 cm³/mol. The van der Waals surface area contributed by atoms with Gasteiger partial charge in [0.05, 0.1) is 0 Å². The molecule has 0 aliphatic carbocycles. The molecule has 0 saturated heterocycles. The highest BCUT2D eigenvalue weighted by Crippen LogP contribution is 2.33. The number of hydrogen-bond acceptors (Lipinski definition) is 2. The smallest absolute Gasteiger partial charge is 0.327 e. The van der Waals surface area contributed by atoms with Gasteiger partial charge in [-0.2, -0.15) is 13.2 Å². The van der Waals surface area contributed by atoms with E-state index < -0.39 is 11.7 Å². The van der Waals surface area contributed by atoms with Gasteiger partial charge in [0.2, 0.25) is 0 Å². The standard InChI is InChI=1S/C13H23F3N2/c1-9(17)11(12(2,3)4)18-7-5-10(6-8-18)13(14,15)16/h5,9,11H,6-8,17H2,1-4H3. The minimum atomic E-state index is -4.18. The van der Waals surface area contributed by atoms with Gasteiger partial charge in [0.25, 0.3) is 0 Å². The molecule has 2 unspecified atom stereocenters. The molecule has 1 aliphatic heterocycles. The normalized spacial score (nSPS) is 22.6. The first kappa shape index (κ1) is 15.5. The summed E-state index contributed by atoms with van der Waals surface area (Å²) in [7, 11) is 0. The largest absolute Gasteiger partial charge is 0.412 e. The molecule has 1 heterocycles. The van der Waals surface area contributed by atoms with Gasteiger partial charge in [-0.1, -0.05) is 26.8 Å².